The Balaban J connectivity index is 1.44. The van der Waals surface area contributed by atoms with Crippen LogP contribution in [0.1, 0.15) is 5.56 Å². The summed E-state index contributed by atoms with van der Waals surface area (Å²) in [6.07, 6.45) is 5.29. The Bertz CT molecular complexity index is 1530. The van der Waals surface area contributed by atoms with E-state index in [9.17, 15) is 8.42 Å². The fourth-order valence-corrected chi connectivity index (χ4v) is 4.58. The predicted octanol–water partition coefficient (Wildman–Crippen LogP) is 4.87. The van der Waals surface area contributed by atoms with Crippen LogP contribution in [0.2, 0.25) is 0 Å². The maximum Gasteiger partial charge on any atom is 0.261 e. The number of anilines is 3. The lowest BCUT2D eigenvalue weighted by atomic mass is 10.1. The van der Waals surface area contributed by atoms with Gasteiger partial charge < -0.3 is 10.3 Å². The number of aromatic amines is 1. The average molecular weight is 457 g/mol. The molecule has 3 aromatic heterocycles. The van der Waals surface area contributed by atoms with Crippen molar-refractivity contribution in [3.63, 3.8) is 0 Å². The van der Waals surface area contributed by atoms with Crippen molar-refractivity contribution in [2.75, 3.05) is 10.0 Å². The van der Waals surface area contributed by atoms with E-state index in [0.29, 0.717) is 11.6 Å². The van der Waals surface area contributed by atoms with E-state index in [1.54, 1.807) is 60.9 Å². The van der Waals surface area contributed by atoms with Gasteiger partial charge in [-0.2, -0.15) is 0 Å². The van der Waals surface area contributed by atoms with Crippen molar-refractivity contribution in [2.24, 2.45) is 0 Å². The summed E-state index contributed by atoms with van der Waals surface area (Å²) in [7, 11) is -3.66. The molecule has 164 valence electrons. The lowest BCUT2D eigenvalue weighted by molar-refractivity contribution is 0.601. The zero-order valence-electron chi connectivity index (χ0n) is 17.6. The number of nitrogens with one attached hydrogen (secondary N) is 3. The first kappa shape index (κ1) is 20.7. The Hall–Kier alpha value is -4.24. The number of hydrogen-bond donors (Lipinski definition) is 3. The van der Waals surface area contributed by atoms with Crippen molar-refractivity contribution >= 4 is 38.4 Å². The van der Waals surface area contributed by atoms with Gasteiger partial charge in [-0.1, -0.05) is 18.2 Å². The summed E-state index contributed by atoms with van der Waals surface area (Å²) in [4.78, 5) is 16.9. The van der Waals surface area contributed by atoms with Gasteiger partial charge in [0.05, 0.1) is 15.9 Å². The Labute approximate surface area is 190 Å². The number of nitrogens with zero attached hydrogens (tertiary/aromatic N) is 3. The summed E-state index contributed by atoms with van der Waals surface area (Å²) in [6, 6.07) is 19.2. The van der Waals surface area contributed by atoms with E-state index in [4.69, 9.17) is 4.98 Å². The zero-order chi connectivity index (χ0) is 22.8. The standard InChI is InChI=1S/C24H20N6O2S/c1-16-14-18(30-33(31,32)19-7-3-2-4-8-19)9-10-20(16)27-24-28-21-11-13-26-23(21)22(29-24)17-6-5-12-25-15-17/h2-15,26,30H,1H3,(H,27,28,29). The molecule has 0 radical (unpaired) electrons. The van der Waals surface area contributed by atoms with E-state index in [1.165, 1.54) is 0 Å². The first-order valence-electron chi connectivity index (χ1n) is 10.2. The monoisotopic (exact) mass is 456 g/mol. The van der Waals surface area contributed by atoms with E-state index >= 15 is 0 Å². The minimum atomic E-state index is -3.66. The summed E-state index contributed by atoms with van der Waals surface area (Å²) in [6.45, 7) is 1.89. The number of sulfonamides is 1. The molecule has 33 heavy (non-hydrogen) atoms. The van der Waals surface area contributed by atoms with Gasteiger partial charge in [-0.25, -0.2) is 18.4 Å². The van der Waals surface area contributed by atoms with Crippen LogP contribution in [-0.4, -0.2) is 28.4 Å². The average Bonchev–Trinajstić information content (AvgIpc) is 3.30. The second kappa shape index (κ2) is 8.36. The lowest BCUT2D eigenvalue weighted by Crippen LogP contribution is -2.13. The van der Waals surface area contributed by atoms with Gasteiger partial charge in [0.2, 0.25) is 5.95 Å². The molecular weight excluding hydrogens is 436 g/mol. The molecule has 2 aromatic carbocycles. The molecule has 0 atom stereocenters. The smallest absolute Gasteiger partial charge is 0.261 e. The summed E-state index contributed by atoms with van der Waals surface area (Å²) in [5.74, 6) is 0.432. The second-order valence-corrected chi connectivity index (χ2v) is 9.13. The van der Waals surface area contributed by atoms with Crippen LogP contribution in [0.3, 0.4) is 0 Å². The Morgan fingerprint density at radius 1 is 0.939 bits per heavy atom. The van der Waals surface area contributed by atoms with E-state index in [0.717, 1.165) is 33.5 Å². The third-order valence-corrected chi connectivity index (χ3v) is 6.52. The van der Waals surface area contributed by atoms with E-state index in [2.05, 4.69) is 25.0 Å². The van der Waals surface area contributed by atoms with Crippen molar-refractivity contribution in [3.05, 3.63) is 90.9 Å². The molecule has 5 rings (SSSR count). The normalized spacial score (nSPS) is 11.4. The summed E-state index contributed by atoms with van der Waals surface area (Å²) in [5.41, 5.74) is 5.30. The van der Waals surface area contributed by atoms with Crippen LogP contribution in [-0.2, 0) is 10.0 Å². The number of hydrogen-bond acceptors (Lipinski definition) is 6. The van der Waals surface area contributed by atoms with Gasteiger partial charge >= 0.3 is 0 Å². The summed E-state index contributed by atoms with van der Waals surface area (Å²) < 4.78 is 27.8. The molecule has 5 aromatic rings. The van der Waals surface area contributed by atoms with Gasteiger partial charge in [0.15, 0.2) is 0 Å². The fourth-order valence-electron chi connectivity index (χ4n) is 3.51. The number of fused-ring (bicyclic) bond motifs is 1. The maximum atomic E-state index is 12.6. The van der Waals surface area contributed by atoms with Gasteiger partial charge in [-0.3, -0.25) is 9.71 Å². The third kappa shape index (κ3) is 4.26. The topological polar surface area (TPSA) is 113 Å². The predicted molar refractivity (Wildman–Crippen MR) is 129 cm³/mol. The number of benzene rings is 2. The van der Waals surface area contributed by atoms with E-state index in [-0.39, 0.29) is 4.90 Å². The molecule has 3 heterocycles. The van der Waals surface area contributed by atoms with Gasteiger partial charge in [0.1, 0.15) is 5.69 Å². The van der Waals surface area contributed by atoms with Gasteiger partial charge in [-0.05, 0) is 61.0 Å². The molecule has 9 heteroatoms. The van der Waals surface area contributed by atoms with Gasteiger partial charge in [0, 0.05) is 35.5 Å². The molecule has 8 nitrogen and oxygen atoms in total. The highest BCUT2D eigenvalue weighted by atomic mass is 32.2. The van der Waals surface area contributed by atoms with Crippen molar-refractivity contribution in [1.29, 1.82) is 0 Å². The van der Waals surface area contributed by atoms with Gasteiger partial charge in [-0.15, -0.1) is 0 Å². The van der Waals surface area contributed by atoms with Crippen LogP contribution < -0.4 is 10.0 Å². The van der Waals surface area contributed by atoms with Crippen LogP contribution >= 0.6 is 0 Å². The molecule has 0 saturated carbocycles. The number of H-pyrrole nitrogens is 1. The molecule has 0 saturated heterocycles. The number of aromatic nitrogens is 4. The molecule has 0 aliphatic rings. The quantitative estimate of drug-likeness (QED) is 0.336. The molecule has 0 fully saturated rings. The van der Waals surface area contributed by atoms with E-state index in [1.807, 2.05) is 31.3 Å². The van der Waals surface area contributed by atoms with Crippen LogP contribution in [0.4, 0.5) is 17.3 Å². The highest BCUT2D eigenvalue weighted by Crippen LogP contribution is 2.28. The minimum Gasteiger partial charge on any atom is -0.358 e. The number of aryl methyl sites for hydroxylation is 1. The van der Waals surface area contributed by atoms with Crippen LogP contribution in [0, 0.1) is 6.92 Å². The number of pyridine rings is 1. The zero-order valence-corrected chi connectivity index (χ0v) is 18.5. The summed E-state index contributed by atoms with van der Waals surface area (Å²) >= 11 is 0. The van der Waals surface area contributed by atoms with Crippen molar-refractivity contribution in [2.45, 2.75) is 11.8 Å². The third-order valence-electron chi connectivity index (χ3n) is 5.12. The first-order valence-corrected chi connectivity index (χ1v) is 11.7. The largest absolute Gasteiger partial charge is 0.358 e. The Kier molecular flexibility index (Phi) is 5.23. The fraction of sp³-hybridized carbons (Fsp3) is 0.0417. The SMILES string of the molecule is Cc1cc(NS(=O)(=O)c2ccccc2)ccc1Nc1nc(-c2cccnc2)c2[nH]ccc2n1. The molecule has 0 aliphatic carbocycles. The van der Waals surface area contributed by atoms with Crippen LogP contribution in [0.15, 0.2) is 90.2 Å². The maximum absolute atomic E-state index is 12.6. The lowest BCUT2D eigenvalue weighted by Gasteiger charge is -2.13. The molecule has 0 spiro atoms. The first-order chi connectivity index (χ1) is 16.0. The molecule has 0 amide bonds. The molecular formula is C24H20N6O2S. The molecule has 3 N–H and O–H groups in total. The Morgan fingerprint density at radius 2 is 1.79 bits per heavy atom. The number of rotatable bonds is 6. The second-order valence-electron chi connectivity index (χ2n) is 7.45. The van der Waals surface area contributed by atoms with Crippen LogP contribution in [0.25, 0.3) is 22.3 Å². The van der Waals surface area contributed by atoms with E-state index < -0.39 is 10.0 Å². The van der Waals surface area contributed by atoms with Crippen molar-refractivity contribution in [1.82, 2.24) is 19.9 Å². The molecule has 0 aliphatic heterocycles. The highest BCUT2D eigenvalue weighted by Gasteiger charge is 2.15. The van der Waals surface area contributed by atoms with Gasteiger partial charge in [0.25, 0.3) is 10.0 Å². The Morgan fingerprint density at radius 3 is 2.55 bits per heavy atom. The van der Waals surface area contributed by atoms with Crippen LogP contribution in [0.5, 0.6) is 0 Å². The summed E-state index contributed by atoms with van der Waals surface area (Å²) in [5, 5.41) is 3.25. The van der Waals surface area contributed by atoms with Crippen molar-refractivity contribution in [3.8, 4) is 11.3 Å². The highest BCUT2D eigenvalue weighted by molar-refractivity contribution is 7.92. The minimum absolute atomic E-state index is 0.209. The molecule has 0 unspecified atom stereocenters. The molecule has 0 bridgehead atoms. The van der Waals surface area contributed by atoms with Crippen molar-refractivity contribution < 1.29 is 8.42 Å².